The molecule has 0 spiro atoms. The van der Waals surface area contributed by atoms with Gasteiger partial charge in [0.15, 0.2) is 23.4 Å². The first-order valence-electron chi connectivity index (χ1n) is 42.8. The highest BCUT2D eigenvalue weighted by molar-refractivity contribution is 7.15. The van der Waals surface area contributed by atoms with Gasteiger partial charge in [-0.1, -0.05) is 129 Å². The number of ether oxygens (including phenoxy) is 4. The number of aliphatic hydroxyl groups is 2. The smallest absolute Gasteiger partial charge is 0.320 e. The van der Waals surface area contributed by atoms with E-state index in [0.717, 1.165) is 147 Å². The fourth-order valence-electron chi connectivity index (χ4n) is 14.0. The van der Waals surface area contributed by atoms with Crippen molar-refractivity contribution in [1.82, 2.24) is 54.7 Å². The van der Waals surface area contributed by atoms with Crippen molar-refractivity contribution >= 4 is 119 Å². The number of rotatable bonds is 25. The number of hydrogen-bond acceptors (Lipinski definition) is 23. The summed E-state index contributed by atoms with van der Waals surface area (Å²) in [5.74, 6) is 6.48. The molecule has 658 valence electrons. The number of para-hydroxylation sites is 3. The molecule has 2 aliphatic rings. The van der Waals surface area contributed by atoms with Gasteiger partial charge in [-0.15, -0.1) is 11.3 Å². The molecule has 27 heteroatoms. The highest BCUT2D eigenvalue weighted by Crippen LogP contribution is 2.48. The number of carbonyl (C=O) groups is 1. The Morgan fingerprint density at radius 3 is 1.75 bits per heavy atom. The number of benzene rings is 5. The average molecular weight is 1700 g/mol. The van der Waals surface area contributed by atoms with E-state index in [-0.39, 0.29) is 52.0 Å². The number of aliphatic imine (C=N–C) groups is 2. The van der Waals surface area contributed by atoms with E-state index in [1.807, 2.05) is 186 Å². The van der Waals surface area contributed by atoms with Gasteiger partial charge in [-0.2, -0.15) is 9.97 Å². The standard InChI is InChI=1S/C21H31N5O.C21H29N3O2.C20H26N4O3.C17H22N4O.C17H23N3S/c1-7-22-12-16-24-17-18(26(16)13-21(5,6)27)14-10-8-9-11-15(14)23-19(17)25-20(2,3)4;1-7-26-19-14(12-21(5,6)25)16-13-10-8-9-11-15(13)22-18(17(16)23-19)24-20(2,3)4;1-20(2,3)23-17-15-12-16(25)24(13-14-8-6-5-7-9-14)18(15)22-19(21-17)27-11-10-26-4;1-5-22-10-13-19-14-11-8-6-7-9-12(11)18-16(15(14)20-13)21-17(2,3)4;1-5-9-13-19-14(16(18)20-17(2,3)4)15(21-13)12-10-7-6-8-11-12/h8-11,22,27H,7,12-13H2,1-6H3,(H,23,25);8-11,14,25H,7,12H2,1-6H3,(H,22,24);5-9H,10-13H2,1-4H3,(H,21,22,23);6-9H,5,10H2,1-4H3,(H,18,21)(H,19,20);6-8,10-11H,5,9H2,1-4H3,(H2,18,20). The zero-order valence-electron chi connectivity index (χ0n) is 76.8. The van der Waals surface area contributed by atoms with Crippen molar-refractivity contribution in [1.29, 1.82) is 0 Å². The van der Waals surface area contributed by atoms with Crippen LogP contribution in [0.2, 0.25) is 0 Å². The summed E-state index contributed by atoms with van der Waals surface area (Å²) in [6.07, 6.45) is 2.88. The summed E-state index contributed by atoms with van der Waals surface area (Å²) in [5.41, 5.74) is 16.1. The number of nitrogens with two attached hydrogens (primary N) is 1. The molecule has 7 aromatic heterocycles. The van der Waals surface area contributed by atoms with E-state index in [1.54, 1.807) is 23.3 Å². The molecule has 123 heavy (non-hydrogen) atoms. The van der Waals surface area contributed by atoms with Gasteiger partial charge in [-0.25, -0.2) is 34.9 Å². The van der Waals surface area contributed by atoms with Crippen LogP contribution in [-0.4, -0.2) is 156 Å². The lowest BCUT2D eigenvalue weighted by Gasteiger charge is -2.25. The summed E-state index contributed by atoms with van der Waals surface area (Å²) in [6, 6.07) is 44.7. The minimum Gasteiger partial charge on any atom is -0.481 e. The molecule has 2 aliphatic heterocycles. The van der Waals surface area contributed by atoms with Gasteiger partial charge in [0, 0.05) is 63.2 Å². The minimum absolute atomic E-state index is 0.00848. The number of H-pyrrole nitrogens is 1. The fourth-order valence-corrected chi connectivity index (χ4v) is 15.2. The van der Waals surface area contributed by atoms with Crippen LogP contribution in [0, 0.1) is 0 Å². The van der Waals surface area contributed by atoms with Crippen LogP contribution >= 0.6 is 11.3 Å². The number of nitrogens with zero attached hydrogens (tertiary/aromatic N) is 12. The van der Waals surface area contributed by atoms with Crippen molar-refractivity contribution in [3.63, 3.8) is 0 Å². The molecule has 5 aromatic carbocycles. The Morgan fingerprint density at radius 2 is 1.16 bits per heavy atom. The number of amidine groups is 1. The summed E-state index contributed by atoms with van der Waals surface area (Å²) >= 11 is 1.72. The lowest BCUT2D eigenvalue weighted by atomic mass is 9.86. The molecule has 0 bridgehead atoms. The molecule has 0 saturated carbocycles. The summed E-state index contributed by atoms with van der Waals surface area (Å²) in [7, 11) is 1.61. The van der Waals surface area contributed by atoms with E-state index in [1.165, 1.54) is 0 Å². The SMILES string of the molecule is CCCc1nc(C(N)=NC(C)(C)C)c(-c2ccccc2)s1.CCNCc1nc2c(NC(C)(C)C)nc3ccccc3c2n1CC(C)(C)O.CCOC1=Nc2c(NC(C)(C)C)nc3ccccc3c2C1CC(C)(C)O.CCOCc1nc2c([nH]1)c(NC(C)(C)C)nc1ccccc12.COCCOc1nc(NC(C)(C)C)c2c(n1)N(Cc1ccccc1)C(=O)C2. The lowest BCUT2D eigenvalue weighted by Crippen LogP contribution is -2.28. The molecule has 26 nitrogen and oxygen atoms in total. The average Bonchev–Trinajstić information content (AvgIpc) is 1.57. The van der Waals surface area contributed by atoms with E-state index in [4.69, 9.17) is 59.6 Å². The molecule has 9 heterocycles. The Hall–Kier alpha value is -10.8. The van der Waals surface area contributed by atoms with Crippen LogP contribution in [0.25, 0.3) is 65.2 Å². The van der Waals surface area contributed by atoms with E-state index < -0.39 is 11.2 Å². The Kier molecular flexibility index (Phi) is 30.9. The van der Waals surface area contributed by atoms with Crippen LogP contribution in [0.5, 0.6) is 6.01 Å². The van der Waals surface area contributed by atoms with Crippen LogP contribution < -0.4 is 42.0 Å². The van der Waals surface area contributed by atoms with Crippen LogP contribution in [0.15, 0.2) is 143 Å². The van der Waals surface area contributed by atoms with Gasteiger partial charge in [-0.3, -0.25) is 14.7 Å². The molecular weight excluding hydrogens is 1560 g/mol. The predicted molar refractivity (Wildman–Crippen MR) is 506 cm³/mol. The fraction of sp³-hybridized carbons (Fsp3) is 0.469. The molecule has 0 saturated heterocycles. The lowest BCUT2D eigenvalue weighted by molar-refractivity contribution is -0.117. The topological polar surface area (TPSA) is 332 Å². The van der Waals surface area contributed by atoms with E-state index >= 15 is 0 Å². The molecular formula is C96H131N19O7S. The second-order valence-corrected chi connectivity index (χ2v) is 38.4. The van der Waals surface area contributed by atoms with Crippen molar-refractivity contribution in [3.8, 4) is 16.5 Å². The predicted octanol–water partition coefficient (Wildman–Crippen LogP) is 19.4. The maximum atomic E-state index is 12.7. The molecule has 12 aromatic rings. The number of aromatic amines is 1. The highest BCUT2D eigenvalue weighted by atomic mass is 32.1. The quantitative estimate of drug-likeness (QED) is 0.0146. The Labute approximate surface area is 730 Å². The van der Waals surface area contributed by atoms with Crippen LogP contribution in [0.4, 0.5) is 34.8 Å². The van der Waals surface area contributed by atoms with Gasteiger partial charge < -0.3 is 71.0 Å². The molecule has 0 radical (unpaired) electrons. The number of nitrogens with one attached hydrogen (secondary N) is 6. The minimum atomic E-state index is -0.851. The van der Waals surface area contributed by atoms with Crippen molar-refractivity contribution < 1.29 is 34.0 Å². The summed E-state index contributed by atoms with van der Waals surface area (Å²) in [5, 5.41) is 42.5. The number of fused-ring (bicyclic) bond motifs is 10. The van der Waals surface area contributed by atoms with Gasteiger partial charge >= 0.3 is 6.01 Å². The van der Waals surface area contributed by atoms with Gasteiger partial charge in [-0.05, 0) is 201 Å². The molecule has 1 unspecified atom stereocenters. The van der Waals surface area contributed by atoms with Crippen LogP contribution in [0.1, 0.15) is 217 Å². The number of methoxy groups -OCH3 is 1. The number of imidazole rings is 2. The number of pyridine rings is 3. The molecule has 1 amide bonds. The number of amides is 1. The first-order chi connectivity index (χ1) is 57.9. The summed E-state index contributed by atoms with van der Waals surface area (Å²) in [4.78, 5) is 66.1. The molecule has 0 fully saturated rings. The third-order valence-electron chi connectivity index (χ3n) is 18.7. The van der Waals surface area contributed by atoms with Crippen LogP contribution in [-0.2, 0) is 58.1 Å². The molecule has 14 rings (SSSR count). The Balaban J connectivity index is 0.000000162. The number of hydrogen-bond donors (Lipinski definition) is 9. The monoisotopic (exact) mass is 1690 g/mol. The summed E-state index contributed by atoms with van der Waals surface area (Å²) < 4.78 is 24.1. The van der Waals surface area contributed by atoms with Crippen molar-refractivity contribution in [2.75, 3.05) is 66.2 Å². The number of anilines is 5. The molecule has 10 N–H and O–H groups in total. The highest BCUT2D eigenvalue weighted by Gasteiger charge is 2.39. The van der Waals surface area contributed by atoms with E-state index in [0.29, 0.717) is 82.5 Å². The first-order valence-corrected chi connectivity index (χ1v) is 43.6. The third kappa shape index (κ3) is 26.4. The number of thiazole rings is 1. The van der Waals surface area contributed by atoms with Crippen molar-refractivity contribution in [2.24, 2.45) is 15.7 Å². The van der Waals surface area contributed by atoms with E-state index in [2.05, 4.69) is 158 Å². The third-order valence-corrected chi connectivity index (χ3v) is 19.9. The van der Waals surface area contributed by atoms with E-state index in [9.17, 15) is 15.0 Å². The van der Waals surface area contributed by atoms with Gasteiger partial charge in [0.05, 0.1) is 93.9 Å². The van der Waals surface area contributed by atoms with Gasteiger partial charge in [0.25, 0.3) is 0 Å². The zero-order valence-corrected chi connectivity index (χ0v) is 77.6. The molecule has 1 atom stereocenters. The zero-order chi connectivity index (χ0) is 89.6. The number of aromatic nitrogens is 10. The Morgan fingerprint density at radius 1 is 0.602 bits per heavy atom. The van der Waals surface area contributed by atoms with Crippen LogP contribution in [0.3, 0.4) is 0 Å². The molecule has 0 aliphatic carbocycles. The van der Waals surface area contributed by atoms with Gasteiger partial charge in [0.2, 0.25) is 5.91 Å². The van der Waals surface area contributed by atoms with Crippen molar-refractivity contribution in [3.05, 3.63) is 173 Å². The Bertz CT molecular complexity index is 5620. The normalized spacial score (nSPS) is 13.8. The number of aryl methyl sites for hydroxylation is 1. The maximum absolute atomic E-state index is 12.7. The maximum Gasteiger partial charge on any atom is 0.320 e. The second-order valence-electron chi connectivity index (χ2n) is 37.3. The van der Waals surface area contributed by atoms with Crippen molar-refractivity contribution in [2.45, 2.75) is 256 Å². The number of carbonyl (C=O) groups excluding carboxylic acids is 1. The summed E-state index contributed by atoms with van der Waals surface area (Å²) in [6.45, 7) is 51.7. The second kappa shape index (κ2) is 40.2. The first kappa shape index (κ1) is 94.4. The van der Waals surface area contributed by atoms with Gasteiger partial charge in [0.1, 0.15) is 70.3 Å². The largest absolute Gasteiger partial charge is 0.481 e.